The second-order valence-electron chi connectivity index (χ2n) is 3.73. The van der Waals surface area contributed by atoms with Crippen molar-refractivity contribution in [3.63, 3.8) is 0 Å². The van der Waals surface area contributed by atoms with Gasteiger partial charge in [-0.1, -0.05) is 12.7 Å². The second kappa shape index (κ2) is 5.76. The van der Waals surface area contributed by atoms with E-state index in [9.17, 15) is 0 Å². The number of ether oxygens (including phenoxy) is 1. The molecule has 0 bridgehead atoms. The molecule has 1 aliphatic heterocycles. The van der Waals surface area contributed by atoms with Crippen molar-refractivity contribution in [2.75, 3.05) is 13.2 Å². The Morgan fingerprint density at radius 2 is 2.00 bits per heavy atom. The van der Waals surface area contributed by atoms with E-state index in [1.807, 2.05) is 19.2 Å². The van der Waals surface area contributed by atoms with E-state index in [4.69, 9.17) is 4.74 Å². The van der Waals surface area contributed by atoms with Crippen LogP contribution in [-0.2, 0) is 4.74 Å². The molecule has 0 aliphatic carbocycles. The maximum Gasteiger partial charge on any atom is 0.0472 e. The van der Waals surface area contributed by atoms with Gasteiger partial charge in [0, 0.05) is 31.0 Å². The summed E-state index contributed by atoms with van der Waals surface area (Å²) in [6, 6.07) is 0. The number of aliphatic imine (C=N–C) groups is 1. The van der Waals surface area contributed by atoms with Gasteiger partial charge in [0.25, 0.3) is 0 Å². The average Bonchev–Trinajstić information content (AvgIpc) is 2.26. The lowest BCUT2D eigenvalue weighted by molar-refractivity contribution is 0.0827. The van der Waals surface area contributed by atoms with E-state index in [1.165, 1.54) is 5.71 Å². The quantitative estimate of drug-likeness (QED) is 0.499. The highest BCUT2D eigenvalue weighted by atomic mass is 16.5. The summed E-state index contributed by atoms with van der Waals surface area (Å²) in [5.41, 5.74) is 2.32. The zero-order valence-electron chi connectivity index (χ0n) is 9.12. The van der Waals surface area contributed by atoms with Gasteiger partial charge < -0.3 is 4.74 Å². The summed E-state index contributed by atoms with van der Waals surface area (Å²) in [7, 11) is 0. The standard InChI is InChI=1S/C12H19NO/c1-4-10(2)9-13-11(3)12-5-7-14-8-6-12/h4,9,12H,1,5-8H2,2-3H3/b10-9-,13-11?. The Morgan fingerprint density at radius 3 is 2.57 bits per heavy atom. The minimum Gasteiger partial charge on any atom is -0.381 e. The summed E-state index contributed by atoms with van der Waals surface area (Å²) in [6.45, 7) is 9.55. The maximum atomic E-state index is 5.31. The van der Waals surface area contributed by atoms with Crippen molar-refractivity contribution in [2.45, 2.75) is 26.7 Å². The number of hydrogen-bond donors (Lipinski definition) is 0. The fourth-order valence-electron chi connectivity index (χ4n) is 1.48. The lowest BCUT2D eigenvalue weighted by Crippen LogP contribution is -2.21. The van der Waals surface area contributed by atoms with Crippen molar-refractivity contribution in [2.24, 2.45) is 10.9 Å². The van der Waals surface area contributed by atoms with Crippen LogP contribution in [0.3, 0.4) is 0 Å². The molecule has 1 rings (SSSR count). The van der Waals surface area contributed by atoms with Gasteiger partial charge in [0.05, 0.1) is 0 Å². The molecule has 0 aromatic carbocycles. The molecule has 0 spiro atoms. The van der Waals surface area contributed by atoms with Gasteiger partial charge in [-0.05, 0) is 32.3 Å². The van der Waals surface area contributed by atoms with E-state index in [1.54, 1.807) is 0 Å². The predicted molar refractivity (Wildman–Crippen MR) is 60.6 cm³/mol. The molecule has 78 valence electrons. The lowest BCUT2D eigenvalue weighted by atomic mass is 9.96. The van der Waals surface area contributed by atoms with Gasteiger partial charge in [0.2, 0.25) is 0 Å². The first kappa shape index (κ1) is 11.2. The van der Waals surface area contributed by atoms with Crippen LogP contribution in [0.1, 0.15) is 26.7 Å². The zero-order chi connectivity index (χ0) is 10.4. The number of rotatable bonds is 3. The van der Waals surface area contributed by atoms with Crippen molar-refractivity contribution in [3.8, 4) is 0 Å². The molecule has 0 unspecified atom stereocenters. The third-order valence-corrected chi connectivity index (χ3v) is 2.61. The Kier molecular flexibility index (Phi) is 4.60. The van der Waals surface area contributed by atoms with Crippen LogP contribution in [0.25, 0.3) is 0 Å². The largest absolute Gasteiger partial charge is 0.381 e. The summed E-state index contributed by atoms with van der Waals surface area (Å²) in [5.74, 6) is 0.609. The highest BCUT2D eigenvalue weighted by molar-refractivity contribution is 5.85. The molecule has 2 nitrogen and oxygen atoms in total. The van der Waals surface area contributed by atoms with Crippen LogP contribution in [0, 0.1) is 5.92 Å². The third-order valence-electron chi connectivity index (χ3n) is 2.61. The summed E-state index contributed by atoms with van der Waals surface area (Å²) < 4.78 is 5.31. The van der Waals surface area contributed by atoms with Gasteiger partial charge in [-0.2, -0.15) is 0 Å². The van der Waals surface area contributed by atoms with Crippen LogP contribution in [0.15, 0.2) is 29.4 Å². The van der Waals surface area contributed by atoms with Crippen LogP contribution in [0.5, 0.6) is 0 Å². The van der Waals surface area contributed by atoms with Gasteiger partial charge in [0.1, 0.15) is 0 Å². The summed E-state index contributed by atoms with van der Waals surface area (Å²) in [4.78, 5) is 4.45. The monoisotopic (exact) mass is 193 g/mol. The molecule has 2 heteroatoms. The molecular weight excluding hydrogens is 174 g/mol. The van der Waals surface area contributed by atoms with E-state index in [-0.39, 0.29) is 0 Å². The Bertz CT molecular complexity index is 247. The fraction of sp³-hybridized carbons (Fsp3) is 0.583. The zero-order valence-corrected chi connectivity index (χ0v) is 9.12. The lowest BCUT2D eigenvalue weighted by Gasteiger charge is -2.21. The summed E-state index contributed by atoms with van der Waals surface area (Å²) in [6.07, 6.45) is 5.92. The molecule has 0 radical (unpaired) electrons. The first-order valence-electron chi connectivity index (χ1n) is 5.15. The highest BCUT2D eigenvalue weighted by Gasteiger charge is 2.15. The molecule has 0 aromatic heterocycles. The smallest absolute Gasteiger partial charge is 0.0472 e. The van der Waals surface area contributed by atoms with Crippen LogP contribution in [0.4, 0.5) is 0 Å². The van der Waals surface area contributed by atoms with Crippen molar-refractivity contribution in [3.05, 3.63) is 24.4 Å². The second-order valence-corrected chi connectivity index (χ2v) is 3.73. The average molecular weight is 193 g/mol. The van der Waals surface area contributed by atoms with E-state index in [2.05, 4.69) is 18.5 Å². The Hall–Kier alpha value is -0.890. The maximum absolute atomic E-state index is 5.31. The number of allylic oxidation sites excluding steroid dienone is 2. The topological polar surface area (TPSA) is 21.6 Å². The molecule has 14 heavy (non-hydrogen) atoms. The molecule has 0 N–H and O–H groups in total. The molecule has 1 fully saturated rings. The minimum absolute atomic E-state index is 0.609. The van der Waals surface area contributed by atoms with Gasteiger partial charge in [-0.15, -0.1) is 0 Å². The number of hydrogen-bond acceptors (Lipinski definition) is 2. The van der Waals surface area contributed by atoms with Crippen molar-refractivity contribution >= 4 is 5.71 Å². The van der Waals surface area contributed by atoms with Crippen molar-refractivity contribution < 1.29 is 4.74 Å². The Labute approximate surface area is 86.4 Å². The summed E-state index contributed by atoms with van der Waals surface area (Å²) in [5, 5.41) is 0. The first-order chi connectivity index (χ1) is 6.74. The van der Waals surface area contributed by atoms with Gasteiger partial charge >= 0.3 is 0 Å². The SMILES string of the molecule is C=C/C(C)=C\N=C(C)C1CCOCC1. The van der Waals surface area contributed by atoms with E-state index in [0.29, 0.717) is 5.92 Å². The molecular formula is C12H19NO. The molecule has 1 saturated heterocycles. The Balaban J connectivity index is 2.53. The third kappa shape index (κ3) is 3.46. The van der Waals surface area contributed by atoms with E-state index >= 15 is 0 Å². The van der Waals surface area contributed by atoms with E-state index in [0.717, 1.165) is 31.6 Å². The van der Waals surface area contributed by atoms with Gasteiger partial charge in [-0.3, -0.25) is 4.99 Å². The Morgan fingerprint density at radius 1 is 1.36 bits per heavy atom. The van der Waals surface area contributed by atoms with Gasteiger partial charge in [-0.25, -0.2) is 0 Å². The van der Waals surface area contributed by atoms with Crippen LogP contribution < -0.4 is 0 Å². The molecule has 1 heterocycles. The van der Waals surface area contributed by atoms with Crippen molar-refractivity contribution in [1.29, 1.82) is 0 Å². The van der Waals surface area contributed by atoms with E-state index < -0.39 is 0 Å². The fourth-order valence-corrected chi connectivity index (χ4v) is 1.48. The van der Waals surface area contributed by atoms with Crippen LogP contribution >= 0.6 is 0 Å². The molecule has 1 aliphatic rings. The first-order valence-corrected chi connectivity index (χ1v) is 5.15. The van der Waals surface area contributed by atoms with Gasteiger partial charge in [0.15, 0.2) is 0 Å². The van der Waals surface area contributed by atoms with Crippen LogP contribution in [-0.4, -0.2) is 18.9 Å². The molecule has 0 atom stereocenters. The minimum atomic E-state index is 0.609. The predicted octanol–water partition coefficient (Wildman–Crippen LogP) is 2.96. The highest BCUT2D eigenvalue weighted by Crippen LogP contribution is 2.16. The normalized spacial score (nSPS) is 21.0. The number of nitrogens with zero attached hydrogens (tertiary/aromatic N) is 1. The molecule has 0 saturated carbocycles. The molecule has 0 aromatic rings. The molecule has 0 amide bonds. The van der Waals surface area contributed by atoms with Crippen molar-refractivity contribution in [1.82, 2.24) is 0 Å². The summed E-state index contributed by atoms with van der Waals surface area (Å²) >= 11 is 0. The van der Waals surface area contributed by atoms with Crippen LogP contribution in [0.2, 0.25) is 0 Å².